The second-order valence-electron chi connectivity index (χ2n) is 3.19. The zero-order valence-corrected chi connectivity index (χ0v) is 10.7. The van der Waals surface area contributed by atoms with E-state index in [0.29, 0.717) is 5.02 Å². The minimum Gasteiger partial charge on any atom is -0.382 e. The van der Waals surface area contributed by atoms with Crippen LogP contribution < -0.4 is 0 Å². The third-order valence-corrected chi connectivity index (χ3v) is 3.39. The molecule has 4 heteroatoms. The van der Waals surface area contributed by atoms with E-state index in [2.05, 4.69) is 27.6 Å². The summed E-state index contributed by atoms with van der Waals surface area (Å²) in [4.78, 5) is 2.99. The van der Waals surface area contributed by atoms with Gasteiger partial charge in [-0.2, -0.15) is 0 Å². The molecule has 78 valence electrons. The summed E-state index contributed by atoms with van der Waals surface area (Å²) in [7, 11) is 0. The molecule has 1 aromatic heterocycles. The SMILES string of the molecule is OC(c1ccc[nH]1)c1cc(Cl)ccc1I. The first-order valence-corrected chi connectivity index (χ1v) is 5.90. The van der Waals surface area contributed by atoms with Crippen LogP contribution in [0.4, 0.5) is 0 Å². The minimum absolute atomic E-state index is 0.635. The van der Waals surface area contributed by atoms with Crippen molar-refractivity contribution in [2.24, 2.45) is 0 Å². The lowest BCUT2D eigenvalue weighted by molar-refractivity contribution is 0.215. The molecule has 1 atom stereocenters. The summed E-state index contributed by atoms with van der Waals surface area (Å²) in [6.45, 7) is 0. The molecule has 0 saturated carbocycles. The molecule has 0 aliphatic rings. The van der Waals surface area contributed by atoms with Gasteiger partial charge in [-0.3, -0.25) is 0 Å². The molecule has 0 aliphatic carbocycles. The van der Waals surface area contributed by atoms with Crippen molar-refractivity contribution in [3.63, 3.8) is 0 Å². The van der Waals surface area contributed by atoms with E-state index in [9.17, 15) is 5.11 Å². The lowest BCUT2D eigenvalue weighted by Crippen LogP contribution is -2.02. The number of aliphatic hydroxyl groups is 1. The van der Waals surface area contributed by atoms with Crippen molar-refractivity contribution < 1.29 is 5.11 Å². The molecular formula is C11H9ClINO. The van der Waals surface area contributed by atoms with E-state index >= 15 is 0 Å². The second kappa shape index (κ2) is 4.55. The number of hydrogen-bond donors (Lipinski definition) is 2. The average Bonchev–Trinajstić information content (AvgIpc) is 2.74. The number of aliphatic hydroxyl groups excluding tert-OH is 1. The third-order valence-electron chi connectivity index (χ3n) is 2.17. The lowest BCUT2D eigenvalue weighted by atomic mass is 10.1. The lowest BCUT2D eigenvalue weighted by Gasteiger charge is -2.11. The molecule has 0 bridgehead atoms. The van der Waals surface area contributed by atoms with Gasteiger partial charge in [0.05, 0.1) is 0 Å². The van der Waals surface area contributed by atoms with Crippen LogP contribution >= 0.6 is 34.2 Å². The Kier molecular flexibility index (Phi) is 3.33. The van der Waals surface area contributed by atoms with Crippen LogP contribution in [0.1, 0.15) is 17.4 Å². The Morgan fingerprint density at radius 1 is 1.33 bits per heavy atom. The number of benzene rings is 1. The molecule has 2 rings (SSSR count). The minimum atomic E-state index is -0.648. The molecule has 0 fully saturated rings. The molecule has 0 spiro atoms. The van der Waals surface area contributed by atoms with Gasteiger partial charge in [0, 0.05) is 26.0 Å². The van der Waals surface area contributed by atoms with Crippen molar-refractivity contribution in [3.05, 3.63) is 56.4 Å². The zero-order valence-electron chi connectivity index (χ0n) is 7.74. The number of nitrogens with one attached hydrogen (secondary N) is 1. The summed E-state index contributed by atoms with van der Waals surface area (Å²) in [5.41, 5.74) is 1.60. The first kappa shape index (κ1) is 11.0. The van der Waals surface area contributed by atoms with E-state index in [0.717, 1.165) is 14.8 Å². The molecule has 15 heavy (non-hydrogen) atoms. The third kappa shape index (κ3) is 2.35. The van der Waals surface area contributed by atoms with Crippen molar-refractivity contribution in [2.75, 3.05) is 0 Å². The summed E-state index contributed by atoms with van der Waals surface area (Å²) in [6.07, 6.45) is 1.14. The average molecular weight is 334 g/mol. The monoisotopic (exact) mass is 333 g/mol. The standard InChI is InChI=1S/C11H9ClINO/c12-7-3-4-9(13)8(6-7)11(15)10-2-1-5-14-10/h1-6,11,14-15H. The Labute approximate surface area is 106 Å². The summed E-state index contributed by atoms with van der Waals surface area (Å²) in [5.74, 6) is 0. The van der Waals surface area contributed by atoms with E-state index in [1.165, 1.54) is 0 Å². The number of rotatable bonds is 2. The summed E-state index contributed by atoms with van der Waals surface area (Å²) in [6, 6.07) is 9.20. The molecule has 0 radical (unpaired) electrons. The van der Waals surface area contributed by atoms with Crippen LogP contribution in [0.5, 0.6) is 0 Å². The maximum atomic E-state index is 10.1. The van der Waals surface area contributed by atoms with Gasteiger partial charge >= 0.3 is 0 Å². The predicted molar refractivity (Wildman–Crippen MR) is 69.0 cm³/mol. The van der Waals surface area contributed by atoms with Gasteiger partial charge in [-0.15, -0.1) is 0 Å². The molecular weight excluding hydrogens is 324 g/mol. The summed E-state index contributed by atoms with van der Waals surface area (Å²) in [5, 5.41) is 10.7. The Bertz CT molecular complexity index is 456. The van der Waals surface area contributed by atoms with E-state index in [-0.39, 0.29) is 0 Å². The van der Waals surface area contributed by atoms with Gasteiger partial charge in [-0.05, 0) is 52.9 Å². The zero-order chi connectivity index (χ0) is 10.8. The van der Waals surface area contributed by atoms with Gasteiger partial charge in [0.15, 0.2) is 0 Å². The van der Waals surface area contributed by atoms with Gasteiger partial charge in [-0.1, -0.05) is 11.6 Å². The number of hydrogen-bond acceptors (Lipinski definition) is 1. The fourth-order valence-electron chi connectivity index (χ4n) is 1.41. The van der Waals surface area contributed by atoms with Crippen LogP contribution in [0.3, 0.4) is 0 Å². The van der Waals surface area contributed by atoms with Gasteiger partial charge < -0.3 is 10.1 Å². The molecule has 1 aromatic carbocycles. The number of aromatic nitrogens is 1. The smallest absolute Gasteiger partial charge is 0.120 e. The van der Waals surface area contributed by atoms with E-state index in [1.807, 2.05) is 24.3 Å². The second-order valence-corrected chi connectivity index (χ2v) is 4.79. The highest BCUT2D eigenvalue weighted by atomic mass is 127. The molecule has 2 N–H and O–H groups in total. The molecule has 1 heterocycles. The van der Waals surface area contributed by atoms with Crippen molar-refractivity contribution in [1.29, 1.82) is 0 Å². The molecule has 1 unspecified atom stereocenters. The molecule has 0 saturated heterocycles. The maximum absolute atomic E-state index is 10.1. The Morgan fingerprint density at radius 3 is 2.80 bits per heavy atom. The van der Waals surface area contributed by atoms with E-state index < -0.39 is 6.10 Å². The fourth-order valence-corrected chi connectivity index (χ4v) is 2.22. The number of H-pyrrole nitrogens is 1. The highest BCUT2D eigenvalue weighted by Gasteiger charge is 2.14. The van der Waals surface area contributed by atoms with Crippen LogP contribution in [-0.4, -0.2) is 10.1 Å². The maximum Gasteiger partial charge on any atom is 0.120 e. The fraction of sp³-hybridized carbons (Fsp3) is 0.0909. The number of halogens is 2. The topological polar surface area (TPSA) is 36.0 Å². The Hall–Kier alpha value is -0.520. The Balaban J connectivity index is 2.41. The van der Waals surface area contributed by atoms with Crippen molar-refractivity contribution in [3.8, 4) is 0 Å². The highest BCUT2D eigenvalue weighted by Crippen LogP contribution is 2.27. The van der Waals surface area contributed by atoms with Gasteiger partial charge in [0.2, 0.25) is 0 Å². The predicted octanol–water partition coefficient (Wildman–Crippen LogP) is 3.35. The Morgan fingerprint density at radius 2 is 2.13 bits per heavy atom. The van der Waals surface area contributed by atoms with E-state index in [1.54, 1.807) is 12.3 Å². The van der Waals surface area contributed by atoms with Gasteiger partial charge in [0.1, 0.15) is 6.10 Å². The molecule has 0 aliphatic heterocycles. The first-order valence-electron chi connectivity index (χ1n) is 4.45. The van der Waals surface area contributed by atoms with Crippen LogP contribution in [0, 0.1) is 3.57 Å². The quantitative estimate of drug-likeness (QED) is 0.812. The van der Waals surface area contributed by atoms with Crippen molar-refractivity contribution in [1.82, 2.24) is 4.98 Å². The van der Waals surface area contributed by atoms with Crippen LogP contribution in [0.25, 0.3) is 0 Å². The van der Waals surface area contributed by atoms with Crippen LogP contribution in [0.15, 0.2) is 36.5 Å². The summed E-state index contributed by atoms with van der Waals surface area (Å²) >= 11 is 8.08. The molecule has 2 aromatic rings. The highest BCUT2D eigenvalue weighted by molar-refractivity contribution is 14.1. The van der Waals surface area contributed by atoms with Gasteiger partial charge in [-0.25, -0.2) is 0 Å². The van der Waals surface area contributed by atoms with Crippen LogP contribution in [0.2, 0.25) is 5.02 Å². The van der Waals surface area contributed by atoms with Crippen molar-refractivity contribution >= 4 is 34.2 Å². The van der Waals surface area contributed by atoms with Crippen molar-refractivity contribution in [2.45, 2.75) is 6.10 Å². The molecule has 2 nitrogen and oxygen atoms in total. The largest absolute Gasteiger partial charge is 0.382 e. The first-order chi connectivity index (χ1) is 7.18. The van der Waals surface area contributed by atoms with Gasteiger partial charge in [0.25, 0.3) is 0 Å². The number of aromatic amines is 1. The summed E-state index contributed by atoms with van der Waals surface area (Å²) < 4.78 is 0.999. The normalized spacial score (nSPS) is 12.7. The van der Waals surface area contributed by atoms with Crippen LogP contribution in [-0.2, 0) is 0 Å². The molecule has 0 amide bonds. The van der Waals surface area contributed by atoms with E-state index in [4.69, 9.17) is 11.6 Å².